The Bertz CT molecular complexity index is 471. The molecule has 2 saturated heterocycles. The van der Waals surface area contributed by atoms with Crippen molar-refractivity contribution in [2.24, 2.45) is 5.84 Å². The molecule has 0 amide bonds. The Morgan fingerprint density at radius 2 is 2.06 bits per heavy atom. The van der Waals surface area contributed by atoms with Crippen molar-refractivity contribution in [2.45, 2.75) is 37.5 Å². The Balaban J connectivity index is 1.80. The highest BCUT2D eigenvalue weighted by Gasteiger charge is 2.41. The molecule has 7 heteroatoms. The lowest BCUT2D eigenvalue weighted by atomic mass is 9.95. The van der Waals surface area contributed by atoms with Gasteiger partial charge in [-0.1, -0.05) is 0 Å². The van der Waals surface area contributed by atoms with Crippen LogP contribution in [0, 0.1) is 11.6 Å². The van der Waals surface area contributed by atoms with Crippen molar-refractivity contribution < 1.29 is 13.5 Å². The van der Waals surface area contributed by atoms with E-state index in [4.69, 9.17) is 10.6 Å². The Hall–Kier alpha value is -1.47. The maximum Gasteiger partial charge on any atom is 0.178 e. The van der Waals surface area contributed by atoms with E-state index in [1.807, 2.05) is 0 Å². The average molecular weight is 256 g/mol. The van der Waals surface area contributed by atoms with Gasteiger partial charge >= 0.3 is 0 Å². The quantitative estimate of drug-likeness (QED) is 0.563. The maximum atomic E-state index is 13.6. The number of nitrogen functional groups attached to an aromatic ring is 1. The van der Waals surface area contributed by atoms with Crippen molar-refractivity contribution in [3.63, 3.8) is 0 Å². The molecule has 3 unspecified atom stereocenters. The monoisotopic (exact) mass is 256 g/mol. The summed E-state index contributed by atoms with van der Waals surface area (Å²) < 4.78 is 32.4. The highest BCUT2D eigenvalue weighted by molar-refractivity contribution is 5.47. The molecule has 5 nitrogen and oxygen atoms in total. The molecule has 1 aromatic heterocycles. The van der Waals surface area contributed by atoms with Gasteiger partial charge in [0.05, 0.1) is 18.2 Å². The summed E-state index contributed by atoms with van der Waals surface area (Å²) in [5, 5.41) is 2.97. The Morgan fingerprint density at radius 3 is 2.67 bits per heavy atom. The van der Waals surface area contributed by atoms with Gasteiger partial charge in [-0.25, -0.2) is 19.6 Å². The van der Waals surface area contributed by atoms with E-state index in [0.717, 1.165) is 25.3 Å². The van der Waals surface area contributed by atoms with Crippen LogP contribution >= 0.6 is 0 Å². The zero-order valence-corrected chi connectivity index (χ0v) is 9.62. The third-order valence-electron chi connectivity index (χ3n) is 3.49. The van der Waals surface area contributed by atoms with Crippen LogP contribution in [0.3, 0.4) is 0 Å². The van der Waals surface area contributed by atoms with E-state index in [0.29, 0.717) is 0 Å². The van der Waals surface area contributed by atoms with Crippen LogP contribution < -0.4 is 16.6 Å². The van der Waals surface area contributed by atoms with E-state index in [-0.39, 0.29) is 29.9 Å². The molecule has 18 heavy (non-hydrogen) atoms. The van der Waals surface area contributed by atoms with Gasteiger partial charge in [0.25, 0.3) is 0 Å². The summed E-state index contributed by atoms with van der Waals surface area (Å²) >= 11 is 0. The number of hydrogen-bond acceptors (Lipinski definition) is 5. The first kappa shape index (κ1) is 11.6. The molecule has 3 atom stereocenters. The summed E-state index contributed by atoms with van der Waals surface area (Å²) in [6.07, 6.45) is 3.19. The molecule has 0 aromatic carbocycles. The normalized spacial score (nSPS) is 29.6. The lowest BCUT2D eigenvalue weighted by Crippen LogP contribution is -2.31. The number of rotatable bonds is 3. The first-order chi connectivity index (χ1) is 8.67. The number of halogens is 2. The van der Waals surface area contributed by atoms with Gasteiger partial charge in [0.2, 0.25) is 0 Å². The summed E-state index contributed by atoms with van der Waals surface area (Å²) in [6, 6.07) is 0.792. The van der Waals surface area contributed by atoms with Crippen LogP contribution in [0.1, 0.15) is 19.3 Å². The van der Waals surface area contributed by atoms with E-state index in [2.05, 4.69) is 15.7 Å². The van der Waals surface area contributed by atoms with Crippen LogP contribution in [-0.2, 0) is 4.74 Å². The molecule has 2 fully saturated rings. The minimum atomic E-state index is -0.815. The predicted octanol–water partition coefficient (Wildman–Crippen LogP) is 1.38. The molecule has 2 bridgehead atoms. The standard InChI is InChI=1S/C11H14F2N4O/c12-6-4-7(13)11(17-14)16-10(6)15-8-3-5-1-2-9(8)18-5/h4-5,8-9H,1-3,14H2,(H2,15,16,17). The molecule has 4 N–H and O–H groups in total. The van der Waals surface area contributed by atoms with Crippen molar-refractivity contribution in [1.82, 2.24) is 4.98 Å². The van der Waals surface area contributed by atoms with Gasteiger partial charge in [0.15, 0.2) is 23.3 Å². The van der Waals surface area contributed by atoms with Crippen molar-refractivity contribution in [2.75, 3.05) is 10.7 Å². The molecule has 0 aliphatic carbocycles. The van der Waals surface area contributed by atoms with E-state index < -0.39 is 11.6 Å². The van der Waals surface area contributed by atoms with Gasteiger partial charge in [-0.15, -0.1) is 0 Å². The first-order valence-corrected chi connectivity index (χ1v) is 5.92. The Labute approximate surface area is 103 Å². The number of ether oxygens (including phenoxy) is 1. The van der Waals surface area contributed by atoms with Crippen LogP contribution in [0.25, 0.3) is 0 Å². The molecule has 3 heterocycles. The molecular formula is C11H14F2N4O. The van der Waals surface area contributed by atoms with Crippen LogP contribution in [0.2, 0.25) is 0 Å². The highest BCUT2D eigenvalue weighted by atomic mass is 19.1. The molecule has 3 rings (SSSR count). The van der Waals surface area contributed by atoms with Crippen molar-refractivity contribution in [1.29, 1.82) is 0 Å². The van der Waals surface area contributed by atoms with Crippen LogP contribution in [0.15, 0.2) is 6.07 Å². The topological polar surface area (TPSA) is 72.2 Å². The smallest absolute Gasteiger partial charge is 0.178 e. The number of aromatic nitrogens is 1. The number of anilines is 2. The van der Waals surface area contributed by atoms with Gasteiger partial charge in [0, 0.05) is 6.07 Å². The van der Waals surface area contributed by atoms with Crippen molar-refractivity contribution in [3.8, 4) is 0 Å². The number of nitrogens with zero attached hydrogens (tertiary/aromatic N) is 1. The molecular weight excluding hydrogens is 242 g/mol. The van der Waals surface area contributed by atoms with Crippen molar-refractivity contribution >= 4 is 11.6 Å². The molecule has 0 spiro atoms. The van der Waals surface area contributed by atoms with E-state index in [9.17, 15) is 8.78 Å². The third-order valence-corrected chi connectivity index (χ3v) is 3.49. The number of pyridine rings is 1. The Kier molecular flexibility index (Phi) is 2.79. The van der Waals surface area contributed by atoms with E-state index in [1.54, 1.807) is 0 Å². The summed E-state index contributed by atoms with van der Waals surface area (Å²) in [4.78, 5) is 3.78. The van der Waals surface area contributed by atoms with Gasteiger partial charge in [-0.2, -0.15) is 0 Å². The number of nitrogens with two attached hydrogens (primary N) is 1. The first-order valence-electron chi connectivity index (χ1n) is 5.92. The molecule has 2 aliphatic rings. The molecule has 0 saturated carbocycles. The zero-order chi connectivity index (χ0) is 12.7. The molecule has 0 radical (unpaired) electrons. The number of hydrogen-bond donors (Lipinski definition) is 3. The fourth-order valence-corrected chi connectivity index (χ4v) is 2.63. The second kappa shape index (κ2) is 4.33. The fourth-order valence-electron chi connectivity index (χ4n) is 2.63. The fraction of sp³-hybridized carbons (Fsp3) is 0.545. The van der Waals surface area contributed by atoms with Gasteiger partial charge < -0.3 is 15.5 Å². The third kappa shape index (κ3) is 1.89. The summed E-state index contributed by atoms with van der Waals surface area (Å²) in [5.41, 5.74) is 2.10. The lowest BCUT2D eigenvalue weighted by molar-refractivity contribution is 0.102. The van der Waals surface area contributed by atoms with E-state index in [1.165, 1.54) is 0 Å². The minimum absolute atomic E-state index is 0.00509. The van der Waals surface area contributed by atoms with Gasteiger partial charge in [-0.3, -0.25) is 0 Å². The SMILES string of the molecule is NNc1nc(NC2CC3CCC2O3)c(F)cc1F. The average Bonchev–Trinajstić information content (AvgIpc) is 2.94. The number of fused-ring (bicyclic) bond motifs is 2. The van der Waals surface area contributed by atoms with Crippen molar-refractivity contribution in [3.05, 3.63) is 17.7 Å². The molecule has 2 aliphatic heterocycles. The largest absolute Gasteiger partial charge is 0.373 e. The van der Waals surface area contributed by atoms with Crippen LogP contribution in [-0.4, -0.2) is 23.2 Å². The van der Waals surface area contributed by atoms with Crippen LogP contribution in [0.4, 0.5) is 20.4 Å². The predicted molar refractivity (Wildman–Crippen MR) is 61.9 cm³/mol. The molecule has 98 valence electrons. The van der Waals surface area contributed by atoms with Crippen LogP contribution in [0.5, 0.6) is 0 Å². The summed E-state index contributed by atoms with van der Waals surface area (Å²) in [6.45, 7) is 0. The lowest BCUT2D eigenvalue weighted by Gasteiger charge is -2.21. The van der Waals surface area contributed by atoms with Gasteiger partial charge in [0.1, 0.15) is 0 Å². The molecule has 1 aromatic rings. The zero-order valence-electron chi connectivity index (χ0n) is 9.62. The minimum Gasteiger partial charge on any atom is -0.373 e. The van der Waals surface area contributed by atoms with E-state index >= 15 is 0 Å². The second-order valence-electron chi connectivity index (χ2n) is 4.65. The maximum absolute atomic E-state index is 13.6. The Morgan fingerprint density at radius 1 is 1.28 bits per heavy atom. The second-order valence-corrected chi connectivity index (χ2v) is 4.65. The number of nitrogens with one attached hydrogen (secondary N) is 2. The van der Waals surface area contributed by atoms with Gasteiger partial charge in [-0.05, 0) is 19.3 Å². The summed E-state index contributed by atoms with van der Waals surface area (Å²) in [7, 11) is 0. The number of hydrazine groups is 1. The summed E-state index contributed by atoms with van der Waals surface area (Å²) in [5.74, 6) is 3.40. The highest BCUT2D eigenvalue weighted by Crippen LogP contribution is 2.36.